The second-order valence-electron chi connectivity index (χ2n) is 5.94. The van der Waals surface area contributed by atoms with E-state index in [-0.39, 0.29) is 5.02 Å². The first-order chi connectivity index (χ1) is 12.2. The number of hydrogen-bond acceptors (Lipinski definition) is 4. The van der Waals surface area contributed by atoms with E-state index < -0.39 is 34.0 Å². The van der Waals surface area contributed by atoms with Gasteiger partial charge >= 0.3 is 0 Å². The molecule has 1 aromatic heterocycles. The number of anilines is 1. The van der Waals surface area contributed by atoms with E-state index in [0.717, 1.165) is 15.2 Å². The lowest BCUT2D eigenvalue weighted by Crippen LogP contribution is -2.56. The monoisotopic (exact) mass is 417 g/mol. The summed E-state index contributed by atoms with van der Waals surface area (Å²) in [6.45, 7) is 0. The van der Waals surface area contributed by atoms with E-state index >= 15 is 0 Å². The predicted molar refractivity (Wildman–Crippen MR) is 100.0 cm³/mol. The summed E-state index contributed by atoms with van der Waals surface area (Å²) in [7, 11) is -0.913. The topological polar surface area (TPSA) is 69.7 Å². The Morgan fingerprint density at radius 2 is 2.04 bits per heavy atom. The Morgan fingerprint density at radius 1 is 1.31 bits per heavy atom. The summed E-state index contributed by atoms with van der Waals surface area (Å²) >= 11 is 7.17. The van der Waals surface area contributed by atoms with Crippen molar-refractivity contribution in [1.82, 2.24) is 8.61 Å². The van der Waals surface area contributed by atoms with Crippen molar-refractivity contribution in [3.05, 3.63) is 51.4 Å². The van der Waals surface area contributed by atoms with Crippen molar-refractivity contribution >= 4 is 44.7 Å². The molecule has 2 heterocycles. The molecule has 1 aliphatic rings. The van der Waals surface area contributed by atoms with Gasteiger partial charge in [0.15, 0.2) is 0 Å². The Hall–Kier alpha value is -1.52. The smallest absolute Gasteiger partial charge is 0.282 e. The number of thiophene rings is 1. The van der Waals surface area contributed by atoms with Gasteiger partial charge in [0.05, 0.1) is 11.1 Å². The standard InChI is InChI=1S/C16H17ClFN3O3S2/c1-20-13(15-4-3-7-25-15)9-14(21(2)26(20,23)24)16(22)19-10-5-6-12(18)11(17)8-10/h3-8,13-14H,9H2,1-2H3,(H,19,22). The van der Waals surface area contributed by atoms with Crippen LogP contribution in [0.25, 0.3) is 0 Å². The van der Waals surface area contributed by atoms with Crippen LogP contribution in [0.15, 0.2) is 35.7 Å². The van der Waals surface area contributed by atoms with E-state index in [4.69, 9.17) is 11.6 Å². The maximum Gasteiger partial charge on any atom is 0.282 e. The third-order valence-corrected chi connectivity index (χ3v) is 7.64. The first-order valence-electron chi connectivity index (χ1n) is 7.72. The van der Waals surface area contributed by atoms with Gasteiger partial charge in [-0.25, -0.2) is 4.39 Å². The molecule has 6 nitrogen and oxygen atoms in total. The van der Waals surface area contributed by atoms with Crippen LogP contribution in [0.4, 0.5) is 10.1 Å². The van der Waals surface area contributed by atoms with Crippen LogP contribution in [0, 0.1) is 5.82 Å². The molecule has 26 heavy (non-hydrogen) atoms. The van der Waals surface area contributed by atoms with Gasteiger partial charge in [-0.15, -0.1) is 11.3 Å². The Kier molecular flexibility index (Phi) is 5.36. The van der Waals surface area contributed by atoms with E-state index in [1.807, 2.05) is 17.5 Å². The van der Waals surface area contributed by atoms with Crippen LogP contribution in [0.5, 0.6) is 0 Å². The van der Waals surface area contributed by atoms with Crippen LogP contribution in [-0.4, -0.2) is 43.1 Å². The normalized spacial score (nSPS) is 23.7. The van der Waals surface area contributed by atoms with Crippen LogP contribution in [0.2, 0.25) is 5.02 Å². The Labute approximate surface area is 160 Å². The number of nitrogens with one attached hydrogen (secondary N) is 1. The van der Waals surface area contributed by atoms with Gasteiger partial charge in [0.25, 0.3) is 10.2 Å². The number of likely N-dealkylation sites (N-methyl/N-ethyl adjacent to an activating group) is 1. The highest BCUT2D eigenvalue weighted by Crippen LogP contribution is 2.37. The molecule has 140 valence electrons. The SMILES string of the molecule is CN1C(C(=O)Nc2ccc(F)c(Cl)c2)CC(c2cccs2)N(C)S1(=O)=O. The lowest BCUT2D eigenvalue weighted by atomic mass is 10.0. The third kappa shape index (κ3) is 3.49. The predicted octanol–water partition coefficient (Wildman–Crippen LogP) is 3.10. The van der Waals surface area contributed by atoms with Gasteiger partial charge < -0.3 is 5.32 Å². The quantitative estimate of drug-likeness (QED) is 0.834. The summed E-state index contributed by atoms with van der Waals surface area (Å²) in [6, 6.07) is 6.17. The number of halogens is 2. The fourth-order valence-corrected chi connectivity index (χ4v) is 5.44. The van der Waals surface area contributed by atoms with E-state index in [1.165, 1.54) is 41.9 Å². The van der Waals surface area contributed by atoms with Gasteiger partial charge in [-0.05, 0) is 36.1 Å². The minimum absolute atomic E-state index is 0.122. The average molecular weight is 418 g/mol. The van der Waals surface area contributed by atoms with Crippen molar-refractivity contribution in [3.63, 3.8) is 0 Å². The van der Waals surface area contributed by atoms with Gasteiger partial charge in [0.2, 0.25) is 5.91 Å². The number of carbonyl (C=O) groups excluding carboxylic acids is 1. The molecule has 1 N–H and O–H groups in total. The number of benzene rings is 1. The summed E-state index contributed by atoms with van der Waals surface area (Å²) in [5.41, 5.74) is 0.304. The van der Waals surface area contributed by atoms with E-state index in [9.17, 15) is 17.6 Å². The van der Waals surface area contributed by atoms with Gasteiger partial charge in [-0.3, -0.25) is 4.79 Å². The summed E-state index contributed by atoms with van der Waals surface area (Å²) < 4.78 is 41.0. The maximum atomic E-state index is 13.3. The molecular weight excluding hydrogens is 401 g/mol. The van der Waals surface area contributed by atoms with E-state index in [1.54, 1.807) is 0 Å². The van der Waals surface area contributed by atoms with E-state index in [2.05, 4.69) is 5.32 Å². The van der Waals surface area contributed by atoms with Crippen LogP contribution >= 0.6 is 22.9 Å². The van der Waals surface area contributed by atoms with Gasteiger partial charge in [-0.1, -0.05) is 17.7 Å². The molecule has 2 atom stereocenters. The van der Waals surface area contributed by atoms with Crippen molar-refractivity contribution in [2.24, 2.45) is 0 Å². The third-order valence-electron chi connectivity index (χ3n) is 4.41. The highest BCUT2D eigenvalue weighted by Gasteiger charge is 2.45. The number of hydrogen-bond donors (Lipinski definition) is 1. The van der Waals surface area contributed by atoms with Gasteiger partial charge in [0.1, 0.15) is 11.9 Å². The zero-order valence-corrected chi connectivity index (χ0v) is 16.4. The number of amides is 1. The summed E-state index contributed by atoms with van der Waals surface area (Å²) in [6.07, 6.45) is 0.299. The zero-order valence-electron chi connectivity index (χ0n) is 14.0. The second-order valence-corrected chi connectivity index (χ2v) is 9.38. The molecule has 0 saturated carbocycles. The minimum Gasteiger partial charge on any atom is -0.325 e. The minimum atomic E-state index is -3.79. The van der Waals surface area contributed by atoms with Gasteiger partial charge in [0, 0.05) is 24.7 Å². The van der Waals surface area contributed by atoms with Crippen molar-refractivity contribution in [3.8, 4) is 0 Å². The van der Waals surface area contributed by atoms with Crippen molar-refractivity contribution in [1.29, 1.82) is 0 Å². The van der Waals surface area contributed by atoms with Crippen molar-refractivity contribution < 1.29 is 17.6 Å². The van der Waals surface area contributed by atoms with Crippen LogP contribution in [0.3, 0.4) is 0 Å². The number of carbonyl (C=O) groups is 1. The molecule has 10 heteroatoms. The fraction of sp³-hybridized carbons (Fsp3) is 0.312. The Morgan fingerprint density at radius 3 is 2.65 bits per heavy atom. The molecule has 0 radical (unpaired) electrons. The summed E-state index contributed by atoms with van der Waals surface area (Å²) in [4.78, 5) is 13.6. The molecule has 0 bridgehead atoms. The molecule has 2 aromatic rings. The molecule has 1 amide bonds. The number of nitrogens with zero attached hydrogens (tertiary/aromatic N) is 2. The first-order valence-corrected chi connectivity index (χ1v) is 10.4. The molecule has 2 unspecified atom stereocenters. The zero-order chi connectivity index (χ0) is 19.1. The first kappa shape index (κ1) is 19.2. The lowest BCUT2D eigenvalue weighted by Gasteiger charge is -2.40. The highest BCUT2D eigenvalue weighted by atomic mass is 35.5. The fourth-order valence-electron chi connectivity index (χ4n) is 2.88. The Balaban J connectivity index is 1.87. The van der Waals surface area contributed by atoms with Gasteiger partial charge in [-0.2, -0.15) is 17.0 Å². The second kappa shape index (κ2) is 7.24. The van der Waals surface area contributed by atoms with Crippen molar-refractivity contribution in [2.45, 2.75) is 18.5 Å². The average Bonchev–Trinajstić information content (AvgIpc) is 3.11. The van der Waals surface area contributed by atoms with Crippen LogP contribution in [0.1, 0.15) is 17.3 Å². The summed E-state index contributed by atoms with van der Waals surface area (Å²) in [5, 5.41) is 4.36. The maximum absolute atomic E-state index is 13.3. The Bertz CT molecular complexity index is 921. The molecule has 0 aliphatic carbocycles. The lowest BCUT2D eigenvalue weighted by molar-refractivity contribution is -0.120. The molecule has 0 spiro atoms. The van der Waals surface area contributed by atoms with Crippen molar-refractivity contribution in [2.75, 3.05) is 19.4 Å². The molecule has 1 aliphatic heterocycles. The summed E-state index contributed by atoms with van der Waals surface area (Å²) in [5.74, 6) is -1.09. The molecule has 3 rings (SSSR count). The molecule has 1 fully saturated rings. The van der Waals surface area contributed by atoms with Crippen LogP contribution < -0.4 is 5.32 Å². The highest BCUT2D eigenvalue weighted by molar-refractivity contribution is 7.86. The van der Waals surface area contributed by atoms with Crippen LogP contribution in [-0.2, 0) is 15.0 Å². The number of rotatable bonds is 3. The molecular formula is C16H17ClFN3O3S2. The van der Waals surface area contributed by atoms with E-state index in [0.29, 0.717) is 12.1 Å². The molecule has 1 saturated heterocycles. The molecule has 1 aromatic carbocycles. The largest absolute Gasteiger partial charge is 0.325 e.